The highest BCUT2D eigenvalue weighted by molar-refractivity contribution is 7.89. The van der Waals surface area contributed by atoms with Gasteiger partial charge in [-0.25, -0.2) is 22.4 Å². The van der Waals surface area contributed by atoms with Crippen LogP contribution in [0.1, 0.15) is 59.4 Å². The highest BCUT2D eigenvalue weighted by Gasteiger charge is 2.31. The van der Waals surface area contributed by atoms with Gasteiger partial charge < -0.3 is 5.32 Å². The third kappa shape index (κ3) is 5.99. The molecule has 13 heteroatoms. The van der Waals surface area contributed by atoms with E-state index in [0.717, 1.165) is 18.0 Å². The molecule has 1 N–H and O–H groups in total. The third-order valence-corrected chi connectivity index (χ3v) is 8.39. The maximum absolute atomic E-state index is 12.8. The van der Waals surface area contributed by atoms with Crippen molar-refractivity contribution in [1.29, 1.82) is 0 Å². The fourth-order valence-electron chi connectivity index (χ4n) is 4.28. The Bertz CT molecular complexity index is 1350. The molecule has 3 aromatic rings. The Hall–Kier alpha value is -3.32. The van der Waals surface area contributed by atoms with Gasteiger partial charge in [-0.05, 0) is 50.5 Å². The summed E-state index contributed by atoms with van der Waals surface area (Å²) in [6, 6.07) is 5.65. The molecular weight excluding hydrogens is 509 g/mol. The van der Waals surface area contributed by atoms with Crippen LogP contribution in [0.3, 0.4) is 0 Å². The molecule has 0 atom stereocenters. The van der Waals surface area contributed by atoms with Gasteiger partial charge in [0.2, 0.25) is 10.0 Å². The van der Waals surface area contributed by atoms with E-state index in [2.05, 4.69) is 20.4 Å². The summed E-state index contributed by atoms with van der Waals surface area (Å²) in [5.41, 5.74) is 1.09. The first-order chi connectivity index (χ1) is 17.5. The summed E-state index contributed by atoms with van der Waals surface area (Å²) < 4.78 is 65.7. The number of rotatable bonds is 7. The topological polar surface area (TPSA) is 110 Å². The minimum absolute atomic E-state index is 0.134. The molecule has 1 fully saturated rings. The number of pyridine rings is 2. The first-order valence-electron chi connectivity index (χ1n) is 11.8. The van der Waals surface area contributed by atoms with Crippen molar-refractivity contribution in [2.24, 2.45) is 0 Å². The smallest absolute Gasteiger partial charge is 0.320 e. The number of hydrogen-bond acceptors (Lipinski definition) is 6. The molecule has 9 nitrogen and oxygen atoms in total. The number of aromatic nitrogens is 4. The Balaban J connectivity index is 1.38. The molecule has 0 radical (unpaired) electrons. The van der Waals surface area contributed by atoms with E-state index in [1.165, 1.54) is 16.9 Å². The molecule has 0 bridgehead atoms. The second-order valence-corrected chi connectivity index (χ2v) is 11.0. The summed E-state index contributed by atoms with van der Waals surface area (Å²) in [5.74, 6) is 0.00194. The zero-order chi connectivity index (χ0) is 26.8. The fraction of sp³-hybridized carbons (Fsp3) is 0.417. The molecule has 37 heavy (non-hydrogen) atoms. The highest BCUT2D eigenvalue weighted by Crippen LogP contribution is 2.30. The number of nitrogens with one attached hydrogen (secondary N) is 1. The first kappa shape index (κ1) is 26.7. The van der Waals surface area contributed by atoms with Crippen molar-refractivity contribution in [2.75, 3.05) is 24.2 Å². The SMILES string of the molecule is CCCS(=O)(=O)N1CCC(c2ccc(NC(=O)c3cnn(-c4ccc(C(F)(F)F)cn4)c3C)cn2)CC1. The van der Waals surface area contributed by atoms with Crippen molar-refractivity contribution >= 4 is 21.6 Å². The van der Waals surface area contributed by atoms with E-state index in [1.54, 1.807) is 23.5 Å². The van der Waals surface area contributed by atoms with Crippen molar-refractivity contribution in [2.45, 2.75) is 45.2 Å². The van der Waals surface area contributed by atoms with Gasteiger partial charge in [0.05, 0.1) is 40.7 Å². The lowest BCUT2D eigenvalue weighted by atomic mass is 9.94. The normalized spacial score (nSPS) is 15.6. The molecule has 198 valence electrons. The van der Waals surface area contributed by atoms with Crippen molar-refractivity contribution in [3.8, 4) is 5.82 Å². The number of amides is 1. The summed E-state index contributed by atoms with van der Waals surface area (Å²) in [6.07, 6.45) is 1.04. The monoisotopic (exact) mass is 536 g/mol. The van der Waals surface area contributed by atoms with Crippen LogP contribution in [-0.4, -0.2) is 57.2 Å². The van der Waals surface area contributed by atoms with E-state index in [4.69, 9.17) is 0 Å². The van der Waals surface area contributed by atoms with Crippen LogP contribution in [0, 0.1) is 6.92 Å². The molecule has 3 aromatic heterocycles. The average Bonchev–Trinajstić information content (AvgIpc) is 3.25. The zero-order valence-electron chi connectivity index (χ0n) is 20.4. The molecule has 1 aliphatic heterocycles. The predicted molar refractivity (Wildman–Crippen MR) is 131 cm³/mol. The van der Waals surface area contributed by atoms with Gasteiger partial charge in [0.1, 0.15) is 0 Å². The summed E-state index contributed by atoms with van der Waals surface area (Å²) in [5, 5.41) is 6.85. The Morgan fingerprint density at radius 1 is 1.08 bits per heavy atom. The van der Waals surface area contributed by atoms with Crippen LogP contribution in [0.25, 0.3) is 5.82 Å². The lowest BCUT2D eigenvalue weighted by molar-refractivity contribution is -0.137. The standard InChI is InChI=1S/C24H27F3N6O3S/c1-3-12-37(35,36)32-10-8-17(9-11-32)21-6-5-19(14-28-21)31-23(34)20-15-30-33(16(20)2)22-7-4-18(13-29-22)24(25,26)27/h4-7,13-15,17H,3,8-12H2,1-2H3,(H,31,34). The number of halogens is 3. The molecule has 0 saturated carbocycles. The molecule has 1 amide bonds. The van der Waals surface area contributed by atoms with Crippen LogP contribution in [-0.2, 0) is 16.2 Å². The summed E-state index contributed by atoms with van der Waals surface area (Å²) in [7, 11) is -3.20. The van der Waals surface area contributed by atoms with Gasteiger partial charge in [-0.2, -0.15) is 18.3 Å². The van der Waals surface area contributed by atoms with E-state index in [1.807, 2.05) is 13.0 Å². The third-order valence-electron chi connectivity index (χ3n) is 6.32. The number of hydrogen-bond donors (Lipinski definition) is 1. The van der Waals surface area contributed by atoms with Crippen molar-refractivity contribution < 1.29 is 26.4 Å². The van der Waals surface area contributed by atoms with E-state index >= 15 is 0 Å². The number of anilines is 1. The van der Waals surface area contributed by atoms with Crippen LogP contribution in [0.4, 0.5) is 18.9 Å². The minimum atomic E-state index is -4.49. The van der Waals surface area contributed by atoms with Gasteiger partial charge >= 0.3 is 6.18 Å². The summed E-state index contributed by atoms with van der Waals surface area (Å²) in [4.78, 5) is 21.1. The quantitative estimate of drug-likeness (QED) is 0.486. The number of carbonyl (C=O) groups excluding carboxylic acids is 1. The molecular formula is C24H27F3N6O3S. The highest BCUT2D eigenvalue weighted by atomic mass is 32.2. The summed E-state index contributed by atoms with van der Waals surface area (Å²) >= 11 is 0. The Kier molecular flexibility index (Phi) is 7.64. The van der Waals surface area contributed by atoms with E-state index in [0.29, 0.717) is 43.7 Å². The minimum Gasteiger partial charge on any atom is -0.320 e. The fourth-order valence-corrected chi connectivity index (χ4v) is 5.82. The van der Waals surface area contributed by atoms with Crippen molar-refractivity contribution in [1.82, 2.24) is 24.1 Å². The molecule has 4 rings (SSSR count). The maximum Gasteiger partial charge on any atom is 0.417 e. The molecule has 1 aliphatic rings. The second-order valence-electron chi connectivity index (χ2n) is 8.87. The first-order valence-corrected chi connectivity index (χ1v) is 13.4. The second kappa shape index (κ2) is 10.6. The lowest BCUT2D eigenvalue weighted by Crippen LogP contribution is -2.39. The van der Waals surface area contributed by atoms with Crippen LogP contribution in [0.2, 0.25) is 0 Å². The largest absolute Gasteiger partial charge is 0.417 e. The van der Waals surface area contributed by atoms with Gasteiger partial charge in [0, 0.05) is 30.9 Å². The van der Waals surface area contributed by atoms with Crippen LogP contribution >= 0.6 is 0 Å². The Morgan fingerprint density at radius 3 is 2.38 bits per heavy atom. The summed E-state index contributed by atoms with van der Waals surface area (Å²) in [6.45, 7) is 4.39. The Labute approximate surface area is 212 Å². The molecule has 0 aromatic carbocycles. The molecule has 0 unspecified atom stereocenters. The van der Waals surface area contributed by atoms with Crippen LogP contribution in [0.15, 0.2) is 42.9 Å². The van der Waals surface area contributed by atoms with E-state index < -0.39 is 27.7 Å². The van der Waals surface area contributed by atoms with Gasteiger partial charge in [-0.3, -0.25) is 9.78 Å². The lowest BCUT2D eigenvalue weighted by Gasteiger charge is -2.30. The van der Waals surface area contributed by atoms with Gasteiger partial charge in [0.15, 0.2) is 5.82 Å². The number of alkyl halides is 3. The number of piperidine rings is 1. The predicted octanol–water partition coefficient (Wildman–Crippen LogP) is 4.16. The van der Waals surface area contributed by atoms with E-state index in [9.17, 15) is 26.4 Å². The average molecular weight is 537 g/mol. The number of nitrogens with zero attached hydrogens (tertiary/aromatic N) is 5. The Morgan fingerprint density at radius 2 is 1.81 bits per heavy atom. The van der Waals surface area contributed by atoms with Crippen molar-refractivity contribution in [3.05, 3.63) is 65.4 Å². The number of carbonyl (C=O) groups is 1. The molecule has 0 aliphatic carbocycles. The van der Waals surface area contributed by atoms with Gasteiger partial charge in [0.25, 0.3) is 5.91 Å². The van der Waals surface area contributed by atoms with Gasteiger partial charge in [-0.1, -0.05) is 6.92 Å². The molecule has 0 spiro atoms. The maximum atomic E-state index is 12.8. The number of sulfonamides is 1. The van der Waals surface area contributed by atoms with Gasteiger partial charge in [-0.15, -0.1) is 0 Å². The molecule has 4 heterocycles. The van der Waals surface area contributed by atoms with Crippen LogP contribution < -0.4 is 5.32 Å². The van der Waals surface area contributed by atoms with Crippen LogP contribution in [0.5, 0.6) is 0 Å². The molecule has 1 saturated heterocycles. The van der Waals surface area contributed by atoms with E-state index in [-0.39, 0.29) is 23.1 Å². The zero-order valence-corrected chi connectivity index (χ0v) is 21.2. The van der Waals surface area contributed by atoms with Crippen molar-refractivity contribution in [3.63, 3.8) is 0 Å².